The fourth-order valence-electron chi connectivity index (χ4n) is 3.21. The summed E-state index contributed by atoms with van der Waals surface area (Å²) in [6.07, 6.45) is 1.97. The Morgan fingerprint density at radius 3 is 2.58 bits per heavy atom. The number of aryl methyl sites for hydroxylation is 1. The zero-order valence-corrected chi connectivity index (χ0v) is 14.7. The summed E-state index contributed by atoms with van der Waals surface area (Å²) in [7, 11) is 1.56. The van der Waals surface area contributed by atoms with E-state index in [9.17, 15) is 4.39 Å². The molecule has 5 nitrogen and oxygen atoms in total. The molecular formula is C18H24FN3O2. The fourth-order valence-corrected chi connectivity index (χ4v) is 3.21. The van der Waals surface area contributed by atoms with Crippen LogP contribution in [0.1, 0.15) is 44.1 Å². The standard InChI is InChI=1S/C18H24FN3O2/c1-11(2)22-7-5-13(6-8-22)17-20-21-18(24-17)14-10-16(23-4)12(3)9-15(14)19/h9-11,13H,5-8H2,1-4H3. The number of ether oxygens (including phenoxy) is 1. The summed E-state index contributed by atoms with van der Waals surface area (Å²) in [4.78, 5) is 2.44. The maximum absolute atomic E-state index is 14.3. The Hall–Kier alpha value is -1.95. The van der Waals surface area contributed by atoms with Crippen molar-refractivity contribution in [1.82, 2.24) is 15.1 Å². The van der Waals surface area contributed by atoms with Gasteiger partial charge in [-0.15, -0.1) is 10.2 Å². The van der Waals surface area contributed by atoms with Crippen LogP contribution in [0.15, 0.2) is 16.5 Å². The van der Waals surface area contributed by atoms with Gasteiger partial charge in [-0.1, -0.05) is 0 Å². The first-order valence-electron chi connectivity index (χ1n) is 8.41. The van der Waals surface area contributed by atoms with Crippen LogP contribution in [0.5, 0.6) is 5.75 Å². The van der Waals surface area contributed by atoms with E-state index in [0.717, 1.165) is 31.5 Å². The SMILES string of the molecule is COc1cc(-c2nnc(C3CCN(C(C)C)CC3)o2)c(F)cc1C. The normalized spacial score (nSPS) is 16.8. The molecule has 0 saturated carbocycles. The van der Waals surface area contributed by atoms with Crippen LogP contribution in [0.25, 0.3) is 11.5 Å². The Balaban J connectivity index is 1.79. The van der Waals surface area contributed by atoms with E-state index in [2.05, 4.69) is 28.9 Å². The molecule has 0 amide bonds. The summed E-state index contributed by atoms with van der Waals surface area (Å²) >= 11 is 0. The molecule has 1 aliphatic heterocycles. The van der Waals surface area contributed by atoms with Gasteiger partial charge in [-0.3, -0.25) is 0 Å². The maximum atomic E-state index is 14.3. The second kappa shape index (κ2) is 6.89. The number of methoxy groups -OCH3 is 1. The highest BCUT2D eigenvalue weighted by Gasteiger charge is 2.26. The van der Waals surface area contributed by atoms with E-state index in [4.69, 9.17) is 9.15 Å². The summed E-state index contributed by atoms with van der Waals surface area (Å²) in [6.45, 7) is 8.25. The summed E-state index contributed by atoms with van der Waals surface area (Å²) in [6, 6.07) is 3.60. The molecule has 3 rings (SSSR count). The zero-order valence-electron chi connectivity index (χ0n) is 14.7. The van der Waals surface area contributed by atoms with Gasteiger partial charge < -0.3 is 14.1 Å². The molecule has 130 valence electrons. The predicted octanol–water partition coefficient (Wildman–Crippen LogP) is 3.78. The number of likely N-dealkylation sites (tertiary alicyclic amines) is 1. The number of hydrogen-bond acceptors (Lipinski definition) is 5. The van der Waals surface area contributed by atoms with Gasteiger partial charge in [0.15, 0.2) is 0 Å². The molecule has 0 spiro atoms. The van der Waals surface area contributed by atoms with Gasteiger partial charge in [-0.2, -0.15) is 0 Å². The third-order valence-electron chi connectivity index (χ3n) is 4.76. The average molecular weight is 333 g/mol. The number of halogens is 1. The highest BCUT2D eigenvalue weighted by Crippen LogP contribution is 2.33. The zero-order chi connectivity index (χ0) is 17.3. The topological polar surface area (TPSA) is 51.4 Å². The highest BCUT2D eigenvalue weighted by atomic mass is 19.1. The number of benzene rings is 1. The first kappa shape index (κ1) is 16.9. The molecule has 0 aliphatic carbocycles. The van der Waals surface area contributed by atoms with Crippen LogP contribution in [0.2, 0.25) is 0 Å². The molecule has 1 aromatic heterocycles. The summed E-state index contributed by atoms with van der Waals surface area (Å²) in [5.41, 5.74) is 1.02. The highest BCUT2D eigenvalue weighted by molar-refractivity contribution is 5.58. The second-order valence-electron chi connectivity index (χ2n) is 6.65. The summed E-state index contributed by atoms with van der Waals surface area (Å²) in [5.74, 6) is 1.30. The largest absolute Gasteiger partial charge is 0.496 e. The van der Waals surface area contributed by atoms with Crippen molar-refractivity contribution >= 4 is 0 Å². The Kier molecular flexibility index (Phi) is 4.85. The molecule has 1 aromatic carbocycles. The smallest absolute Gasteiger partial charge is 0.250 e. The number of nitrogens with zero attached hydrogens (tertiary/aromatic N) is 3. The third-order valence-corrected chi connectivity index (χ3v) is 4.76. The van der Waals surface area contributed by atoms with Crippen LogP contribution in [-0.4, -0.2) is 41.3 Å². The van der Waals surface area contributed by atoms with Gasteiger partial charge in [-0.05, 0) is 64.4 Å². The molecule has 24 heavy (non-hydrogen) atoms. The minimum absolute atomic E-state index is 0.215. The summed E-state index contributed by atoms with van der Waals surface area (Å²) < 4.78 is 25.3. The van der Waals surface area contributed by atoms with E-state index < -0.39 is 0 Å². The van der Waals surface area contributed by atoms with Crippen molar-refractivity contribution in [2.24, 2.45) is 0 Å². The van der Waals surface area contributed by atoms with Crippen LogP contribution >= 0.6 is 0 Å². The number of hydrogen-bond donors (Lipinski definition) is 0. The maximum Gasteiger partial charge on any atom is 0.250 e. The van der Waals surface area contributed by atoms with Gasteiger partial charge in [0.1, 0.15) is 11.6 Å². The minimum atomic E-state index is -0.377. The molecular weight excluding hydrogens is 309 g/mol. The lowest BCUT2D eigenvalue weighted by atomic mass is 9.96. The molecule has 2 heterocycles. The average Bonchev–Trinajstić information content (AvgIpc) is 3.05. The van der Waals surface area contributed by atoms with E-state index in [1.807, 2.05) is 0 Å². The second-order valence-corrected chi connectivity index (χ2v) is 6.65. The molecule has 0 bridgehead atoms. The fraction of sp³-hybridized carbons (Fsp3) is 0.556. The van der Waals surface area contributed by atoms with Gasteiger partial charge in [0.05, 0.1) is 12.7 Å². The van der Waals surface area contributed by atoms with Crippen molar-refractivity contribution in [3.05, 3.63) is 29.4 Å². The molecule has 0 unspecified atom stereocenters. The van der Waals surface area contributed by atoms with E-state index in [-0.39, 0.29) is 23.2 Å². The van der Waals surface area contributed by atoms with Gasteiger partial charge in [0.2, 0.25) is 5.89 Å². The van der Waals surface area contributed by atoms with E-state index >= 15 is 0 Å². The molecule has 0 N–H and O–H groups in total. The van der Waals surface area contributed by atoms with Crippen LogP contribution in [0.4, 0.5) is 4.39 Å². The lowest BCUT2D eigenvalue weighted by Gasteiger charge is -2.33. The lowest BCUT2D eigenvalue weighted by molar-refractivity contribution is 0.163. The molecule has 0 atom stereocenters. The summed E-state index contributed by atoms with van der Waals surface area (Å²) in [5, 5.41) is 8.22. The molecule has 0 radical (unpaired) electrons. The van der Waals surface area contributed by atoms with E-state index in [1.165, 1.54) is 6.07 Å². The number of rotatable bonds is 4. The van der Waals surface area contributed by atoms with Crippen LogP contribution in [-0.2, 0) is 0 Å². The Bertz CT molecular complexity index is 706. The Labute approximate surface area is 141 Å². The van der Waals surface area contributed by atoms with Crippen molar-refractivity contribution in [3.8, 4) is 17.2 Å². The van der Waals surface area contributed by atoms with Gasteiger partial charge in [-0.25, -0.2) is 4.39 Å². The van der Waals surface area contributed by atoms with Crippen LogP contribution < -0.4 is 4.74 Å². The van der Waals surface area contributed by atoms with E-state index in [0.29, 0.717) is 17.7 Å². The van der Waals surface area contributed by atoms with Gasteiger partial charge in [0.25, 0.3) is 5.89 Å². The van der Waals surface area contributed by atoms with Crippen molar-refractivity contribution in [2.75, 3.05) is 20.2 Å². The van der Waals surface area contributed by atoms with Gasteiger partial charge >= 0.3 is 0 Å². The Morgan fingerprint density at radius 1 is 1.25 bits per heavy atom. The van der Waals surface area contributed by atoms with Crippen molar-refractivity contribution in [2.45, 2.75) is 45.6 Å². The molecule has 1 aliphatic rings. The van der Waals surface area contributed by atoms with Crippen molar-refractivity contribution in [3.63, 3.8) is 0 Å². The Morgan fingerprint density at radius 2 is 1.96 bits per heavy atom. The monoisotopic (exact) mass is 333 g/mol. The van der Waals surface area contributed by atoms with Crippen molar-refractivity contribution in [1.29, 1.82) is 0 Å². The minimum Gasteiger partial charge on any atom is -0.496 e. The number of aromatic nitrogens is 2. The van der Waals surface area contributed by atoms with Gasteiger partial charge in [0, 0.05) is 12.0 Å². The molecule has 1 fully saturated rings. The quantitative estimate of drug-likeness (QED) is 0.852. The number of piperidine rings is 1. The molecule has 2 aromatic rings. The predicted molar refractivity (Wildman–Crippen MR) is 89.7 cm³/mol. The van der Waals surface area contributed by atoms with Crippen LogP contribution in [0, 0.1) is 12.7 Å². The first-order chi connectivity index (χ1) is 11.5. The first-order valence-corrected chi connectivity index (χ1v) is 8.41. The molecule has 6 heteroatoms. The molecule has 1 saturated heterocycles. The third kappa shape index (κ3) is 3.29. The van der Waals surface area contributed by atoms with Crippen molar-refractivity contribution < 1.29 is 13.5 Å². The van der Waals surface area contributed by atoms with Crippen LogP contribution in [0.3, 0.4) is 0 Å². The lowest BCUT2D eigenvalue weighted by Crippen LogP contribution is -2.37. The van der Waals surface area contributed by atoms with E-state index in [1.54, 1.807) is 20.1 Å².